The van der Waals surface area contributed by atoms with E-state index in [4.69, 9.17) is 10.5 Å². The zero-order valence-corrected chi connectivity index (χ0v) is 13.3. The van der Waals surface area contributed by atoms with Gasteiger partial charge in [0.2, 0.25) is 0 Å². The van der Waals surface area contributed by atoms with Crippen molar-refractivity contribution in [2.24, 2.45) is 0 Å². The molecular weight excluding hydrogens is 269 g/mol. The number of nitrogens with zero attached hydrogens (tertiary/aromatic N) is 1. The summed E-state index contributed by atoms with van der Waals surface area (Å²) in [6.45, 7) is 6.69. The molecule has 3 N–H and O–H groups in total. The van der Waals surface area contributed by atoms with Crippen LogP contribution in [0.3, 0.4) is 0 Å². The lowest BCUT2D eigenvalue weighted by molar-refractivity contribution is 0.231. The third kappa shape index (κ3) is 4.24. The summed E-state index contributed by atoms with van der Waals surface area (Å²) in [7, 11) is 2.14. The average Bonchev–Trinajstić information content (AvgIpc) is 3.23. The van der Waals surface area contributed by atoms with Gasteiger partial charge in [0.1, 0.15) is 0 Å². The third-order valence-electron chi connectivity index (χ3n) is 3.87. The van der Waals surface area contributed by atoms with Gasteiger partial charge in [-0.05, 0) is 40.7 Å². The first-order chi connectivity index (χ1) is 9.88. The fourth-order valence-corrected chi connectivity index (χ4v) is 2.31. The SMILES string of the molecule is CC(C)Oc1cc(NCC(C)N(C)C2CC2)c(N)cc1F. The number of benzene rings is 1. The van der Waals surface area contributed by atoms with E-state index in [1.807, 2.05) is 13.8 Å². The van der Waals surface area contributed by atoms with Gasteiger partial charge in [-0.3, -0.25) is 4.90 Å². The highest BCUT2D eigenvalue weighted by Crippen LogP contribution is 2.30. The molecule has 1 aliphatic rings. The van der Waals surface area contributed by atoms with Crippen molar-refractivity contribution in [1.29, 1.82) is 0 Å². The highest BCUT2D eigenvalue weighted by Gasteiger charge is 2.28. The minimum absolute atomic E-state index is 0.0732. The molecule has 118 valence electrons. The van der Waals surface area contributed by atoms with Crippen LogP contribution in [0, 0.1) is 5.82 Å². The average molecular weight is 295 g/mol. The largest absolute Gasteiger partial charge is 0.488 e. The van der Waals surface area contributed by atoms with Gasteiger partial charge in [0.25, 0.3) is 0 Å². The van der Waals surface area contributed by atoms with Gasteiger partial charge in [-0.1, -0.05) is 0 Å². The van der Waals surface area contributed by atoms with Gasteiger partial charge in [-0.15, -0.1) is 0 Å². The summed E-state index contributed by atoms with van der Waals surface area (Å²) in [6, 6.07) is 4.08. The molecule has 1 saturated carbocycles. The van der Waals surface area contributed by atoms with Gasteiger partial charge in [0.05, 0.1) is 17.5 Å². The predicted octanol–water partition coefficient (Wildman–Crippen LogP) is 3.09. The monoisotopic (exact) mass is 295 g/mol. The van der Waals surface area contributed by atoms with Gasteiger partial charge in [0, 0.05) is 30.8 Å². The molecule has 2 rings (SSSR count). The minimum atomic E-state index is -0.421. The van der Waals surface area contributed by atoms with E-state index >= 15 is 0 Å². The molecule has 1 aromatic rings. The van der Waals surface area contributed by atoms with Gasteiger partial charge >= 0.3 is 0 Å². The molecule has 5 heteroatoms. The fraction of sp³-hybridized carbons (Fsp3) is 0.625. The maximum Gasteiger partial charge on any atom is 0.167 e. The highest BCUT2D eigenvalue weighted by atomic mass is 19.1. The molecule has 1 aromatic carbocycles. The van der Waals surface area contributed by atoms with Crippen LogP contribution >= 0.6 is 0 Å². The minimum Gasteiger partial charge on any atom is -0.488 e. The summed E-state index contributed by atoms with van der Waals surface area (Å²) in [5, 5.41) is 3.30. The van der Waals surface area contributed by atoms with E-state index in [9.17, 15) is 4.39 Å². The Morgan fingerprint density at radius 3 is 2.62 bits per heavy atom. The second kappa shape index (κ2) is 6.52. The van der Waals surface area contributed by atoms with Gasteiger partial charge in [-0.2, -0.15) is 0 Å². The number of anilines is 2. The van der Waals surface area contributed by atoms with Crippen molar-refractivity contribution in [2.75, 3.05) is 24.6 Å². The zero-order valence-electron chi connectivity index (χ0n) is 13.3. The smallest absolute Gasteiger partial charge is 0.167 e. The van der Waals surface area contributed by atoms with Crippen LogP contribution in [0.2, 0.25) is 0 Å². The lowest BCUT2D eigenvalue weighted by Crippen LogP contribution is -2.36. The van der Waals surface area contributed by atoms with Crippen molar-refractivity contribution in [3.05, 3.63) is 17.9 Å². The van der Waals surface area contributed by atoms with E-state index in [2.05, 4.69) is 24.2 Å². The Kier molecular flexibility index (Phi) is 4.93. The summed E-state index contributed by atoms with van der Waals surface area (Å²) in [4.78, 5) is 2.37. The standard InChI is InChI=1S/C16H26FN3O/c1-10(2)21-16-8-15(14(18)7-13(16)17)19-9-11(3)20(4)12-5-6-12/h7-8,10-12,19H,5-6,9,18H2,1-4H3. The van der Waals surface area contributed by atoms with Crippen LogP contribution in [0.25, 0.3) is 0 Å². The van der Waals surface area contributed by atoms with E-state index in [0.717, 1.165) is 12.2 Å². The van der Waals surface area contributed by atoms with Crippen molar-refractivity contribution in [3.63, 3.8) is 0 Å². The summed E-state index contributed by atoms with van der Waals surface area (Å²) in [6.07, 6.45) is 2.49. The Labute approximate surface area is 126 Å². The van der Waals surface area contributed by atoms with Crippen LogP contribution in [-0.4, -0.2) is 36.7 Å². The van der Waals surface area contributed by atoms with Crippen LogP contribution in [0.1, 0.15) is 33.6 Å². The summed E-state index contributed by atoms with van der Waals surface area (Å²) < 4.78 is 19.3. The van der Waals surface area contributed by atoms with Gasteiger partial charge in [-0.25, -0.2) is 4.39 Å². The van der Waals surface area contributed by atoms with E-state index in [1.165, 1.54) is 18.9 Å². The normalized spacial score (nSPS) is 16.3. The number of halogens is 1. The molecule has 0 heterocycles. The molecule has 4 nitrogen and oxygen atoms in total. The number of hydrogen-bond donors (Lipinski definition) is 2. The van der Waals surface area contributed by atoms with Crippen LogP contribution in [-0.2, 0) is 0 Å². The van der Waals surface area contributed by atoms with E-state index in [0.29, 0.717) is 17.8 Å². The quantitative estimate of drug-likeness (QED) is 0.759. The lowest BCUT2D eigenvalue weighted by Gasteiger charge is -2.25. The number of ether oxygens (including phenoxy) is 1. The first kappa shape index (κ1) is 15.9. The molecule has 1 aliphatic carbocycles. The Hall–Kier alpha value is -1.49. The summed E-state index contributed by atoms with van der Waals surface area (Å²) >= 11 is 0. The number of nitrogens with two attached hydrogens (primary N) is 1. The third-order valence-corrected chi connectivity index (χ3v) is 3.87. The maximum absolute atomic E-state index is 13.8. The van der Waals surface area contributed by atoms with Crippen LogP contribution in [0.5, 0.6) is 5.75 Å². The maximum atomic E-state index is 13.8. The van der Waals surface area contributed by atoms with Crippen LogP contribution in [0.15, 0.2) is 12.1 Å². The number of likely N-dealkylation sites (N-methyl/N-ethyl adjacent to an activating group) is 1. The molecular formula is C16H26FN3O. The second-order valence-corrected chi connectivity index (χ2v) is 6.16. The number of nitrogens with one attached hydrogen (secondary N) is 1. The second-order valence-electron chi connectivity index (χ2n) is 6.16. The Balaban J connectivity index is 2.01. The topological polar surface area (TPSA) is 50.5 Å². The van der Waals surface area contributed by atoms with Crippen LogP contribution in [0.4, 0.5) is 15.8 Å². The van der Waals surface area contributed by atoms with E-state index in [-0.39, 0.29) is 11.9 Å². The van der Waals surface area contributed by atoms with Crippen molar-refractivity contribution in [1.82, 2.24) is 4.90 Å². The molecule has 0 radical (unpaired) electrons. The molecule has 0 saturated heterocycles. The van der Waals surface area contributed by atoms with Crippen molar-refractivity contribution in [3.8, 4) is 5.75 Å². The molecule has 1 fully saturated rings. The highest BCUT2D eigenvalue weighted by molar-refractivity contribution is 5.68. The first-order valence-corrected chi connectivity index (χ1v) is 7.60. The van der Waals surface area contributed by atoms with Gasteiger partial charge in [0.15, 0.2) is 11.6 Å². The summed E-state index contributed by atoms with van der Waals surface area (Å²) in [5.41, 5.74) is 7.02. The van der Waals surface area contributed by atoms with Crippen molar-refractivity contribution >= 4 is 11.4 Å². The van der Waals surface area contributed by atoms with Crippen molar-refractivity contribution < 1.29 is 9.13 Å². The van der Waals surface area contributed by atoms with Crippen LogP contribution < -0.4 is 15.8 Å². The number of hydrogen-bond acceptors (Lipinski definition) is 4. The van der Waals surface area contributed by atoms with Crippen molar-refractivity contribution in [2.45, 2.75) is 51.8 Å². The van der Waals surface area contributed by atoms with Gasteiger partial charge < -0.3 is 15.8 Å². The predicted molar refractivity (Wildman–Crippen MR) is 85.3 cm³/mol. The number of rotatable bonds is 7. The molecule has 0 aromatic heterocycles. The molecule has 1 unspecified atom stereocenters. The fourth-order valence-electron chi connectivity index (χ4n) is 2.31. The molecule has 1 atom stereocenters. The lowest BCUT2D eigenvalue weighted by atomic mass is 10.2. The van der Waals surface area contributed by atoms with E-state index in [1.54, 1.807) is 6.07 Å². The van der Waals surface area contributed by atoms with E-state index < -0.39 is 5.82 Å². The molecule has 0 aliphatic heterocycles. The number of nitrogen functional groups attached to an aromatic ring is 1. The molecule has 0 amide bonds. The Morgan fingerprint density at radius 1 is 1.38 bits per heavy atom. The molecule has 0 spiro atoms. The Morgan fingerprint density at radius 2 is 2.05 bits per heavy atom. The molecule has 0 bridgehead atoms. The summed E-state index contributed by atoms with van der Waals surface area (Å²) in [5.74, 6) is -0.181. The first-order valence-electron chi connectivity index (χ1n) is 7.60. The molecule has 21 heavy (non-hydrogen) atoms. The zero-order chi connectivity index (χ0) is 15.6. The Bertz CT molecular complexity index is 489.